The molecule has 1 fully saturated rings. The van der Waals surface area contributed by atoms with Gasteiger partial charge in [0.2, 0.25) is 5.91 Å². The molecule has 1 aromatic rings. The van der Waals surface area contributed by atoms with Crippen LogP contribution in [0.15, 0.2) is 18.2 Å². The molecule has 92 valence electrons. The van der Waals surface area contributed by atoms with Crippen LogP contribution < -0.4 is 16.4 Å². The number of nitrogens with zero attached hydrogens (tertiary/aromatic N) is 1. The largest absolute Gasteiger partial charge is 0.397 e. The first-order chi connectivity index (χ1) is 7.99. The minimum Gasteiger partial charge on any atom is -0.397 e. The van der Waals surface area contributed by atoms with Gasteiger partial charge in [-0.15, -0.1) is 0 Å². The van der Waals surface area contributed by atoms with Crippen molar-refractivity contribution in [2.45, 2.75) is 12.2 Å². The van der Waals surface area contributed by atoms with Crippen LogP contribution in [0.25, 0.3) is 0 Å². The summed E-state index contributed by atoms with van der Waals surface area (Å²) in [6, 6.07) is 4.71. The van der Waals surface area contributed by atoms with Crippen LogP contribution in [0.4, 0.5) is 11.4 Å². The van der Waals surface area contributed by atoms with Crippen molar-refractivity contribution in [3.63, 3.8) is 0 Å². The fraction of sp³-hybridized carbons (Fsp3) is 0.364. The van der Waals surface area contributed by atoms with Gasteiger partial charge in [0.05, 0.1) is 23.6 Å². The van der Waals surface area contributed by atoms with Crippen molar-refractivity contribution in [2.24, 2.45) is 5.73 Å². The molecule has 0 bridgehead atoms. The number of aliphatic hydroxyl groups is 2. The zero-order chi connectivity index (χ0) is 12.6. The summed E-state index contributed by atoms with van der Waals surface area (Å²) in [4.78, 5) is 12.8. The predicted octanol–water partition coefficient (Wildman–Crippen LogP) is -1.09. The molecule has 1 aliphatic heterocycles. The van der Waals surface area contributed by atoms with Gasteiger partial charge in [0.1, 0.15) is 0 Å². The summed E-state index contributed by atoms with van der Waals surface area (Å²) in [6.45, 7) is 0.571. The van der Waals surface area contributed by atoms with Crippen LogP contribution in [0.3, 0.4) is 0 Å². The van der Waals surface area contributed by atoms with E-state index in [1.54, 1.807) is 23.1 Å². The van der Waals surface area contributed by atoms with Gasteiger partial charge in [0.15, 0.2) is 0 Å². The fourth-order valence-corrected chi connectivity index (χ4v) is 1.94. The van der Waals surface area contributed by atoms with E-state index in [-0.39, 0.29) is 13.1 Å². The molecule has 1 aromatic carbocycles. The Morgan fingerprint density at radius 3 is 2.41 bits per heavy atom. The lowest BCUT2D eigenvalue weighted by atomic mass is 10.1. The molecular formula is C11H15N3O3. The SMILES string of the molecule is NC(=O)c1ccc(N)c(N2CC(O)C(O)C2)c1. The molecule has 6 heteroatoms. The van der Waals surface area contributed by atoms with Crippen LogP contribution >= 0.6 is 0 Å². The van der Waals surface area contributed by atoms with Crippen LogP contribution in [0, 0.1) is 0 Å². The van der Waals surface area contributed by atoms with Crippen molar-refractivity contribution in [1.29, 1.82) is 0 Å². The molecule has 0 spiro atoms. The van der Waals surface area contributed by atoms with Crippen molar-refractivity contribution in [2.75, 3.05) is 23.7 Å². The molecule has 6 nitrogen and oxygen atoms in total. The molecule has 2 atom stereocenters. The highest BCUT2D eigenvalue weighted by Gasteiger charge is 2.30. The molecule has 1 saturated heterocycles. The van der Waals surface area contributed by atoms with Crippen molar-refractivity contribution < 1.29 is 15.0 Å². The molecule has 0 aromatic heterocycles. The minimum absolute atomic E-state index is 0.285. The fourth-order valence-electron chi connectivity index (χ4n) is 1.94. The third kappa shape index (κ3) is 2.17. The molecule has 6 N–H and O–H groups in total. The summed E-state index contributed by atoms with van der Waals surface area (Å²) in [6.07, 6.45) is -1.60. The van der Waals surface area contributed by atoms with E-state index in [0.29, 0.717) is 16.9 Å². The number of aliphatic hydroxyl groups excluding tert-OH is 2. The van der Waals surface area contributed by atoms with E-state index in [1.807, 2.05) is 0 Å². The molecule has 2 unspecified atom stereocenters. The number of benzene rings is 1. The van der Waals surface area contributed by atoms with Gasteiger partial charge in [-0.3, -0.25) is 4.79 Å². The molecule has 0 radical (unpaired) electrons. The number of anilines is 2. The number of nitrogen functional groups attached to an aromatic ring is 1. The third-order valence-corrected chi connectivity index (χ3v) is 2.91. The van der Waals surface area contributed by atoms with E-state index >= 15 is 0 Å². The highest BCUT2D eigenvalue weighted by atomic mass is 16.3. The maximum atomic E-state index is 11.1. The number of amides is 1. The second-order valence-corrected chi connectivity index (χ2v) is 4.18. The quantitative estimate of drug-likeness (QED) is 0.488. The van der Waals surface area contributed by atoms with E-state index in [0.717, 1.165) is 0 Å². The number of hydrogen-bond acceptors (Lipinski definition) is 5. The van der Waals surface area contributed by atoms with E-state index in [2.05, 4.69) is 0 Å². The molecule has 2 rings (SSSR count). The Hall–Kier alpha value is -1.79. The minimum atomic E-state index is -0.799. The number of carbonyl (C=O) groups is 1. The zero-order valence-electron chi connectivity index (χ0n) is 9.21. The summed E-state index contributed by atoms with van der Waals surface area (Å²) in [5, 5.41) is 18.9. The predicted molar refractivity (Wildman–Crippen MR) is 63.6 cm³/mol. The number of carbonyl (C=O) groups excluding carboxylic acids is 1. The Kier molecular flexibility index (Phi) is 2.91. The summed E-state index contributed by atoms with van der Waals surface area (Å²) in [5.74, 6) is -0.536. The van der Waals surface area contributed by atoms with Gasteiger partial charge in [0.25, 0.3) is 0 Å². The van der Waals surface area contributed by atoms with Gasteiger partial charge in [-0.1, -0.05) is 0 Å². The second-order valence-electron chi connectivity index (χ2n) is 4.18. The average molecular weight is 237 g/mol. The first-order valence-electron chi connectivity index (χ1n) is 5.29. The Morgan fingerprint density at radius 2 is 1.88 bits per heavy atom. The standard InChI is InChI=1S/C11H15N3O3/c12-7-2-1-6(11(13)17)3-8(7)14-4-9(15)10(16)5-14/h1-3,9-10,15-16H,4-5,12H2,(H2,13,17). The molecule has 0 aliphatic carbocycles. The first kappa shape index (κ1) is 11.7. The van der Waals surface area contributed by atoms with Gasteiger partial charge >= 0.3 is 0 Å². The van der Waals surface area contributed by atoms with Crippen LogP contribution in [0.5, 0.6) is 0 Å². The van der Waals surface area contributed by atoms with Crippen LogP contribution in [-0.2, 0) is 0 Å². The van der Waals surface area contributed by atoms with Crippen molar-refractivity contribution in [3.8, 4) is 0 Å². The van der Waals surface area contributed by atoms with Crippen molar-refractivity contribution in [1.82, 2.24) is 0 Å². The molecule has 17 heavy (non-hydrogen) atoms. The van der Waals surface area contributed by atoms with E-state index in [9.17, 15) is 15.0 Å². The highest BCUT2D eigenvalue weighted by molar-refractivity contribution is 5.95. The lowest BCUT2D eigenvalue weighted by Crippen LogP contribution is -2.23. The normalized spacial score (nSPS) is 24.0. The Bertz CT molecular complexity index is 440. The third-order valence-electron chi connectivity index (χ3n) is 2.91. The van der Waals surface area contributed by atoms with Gasteiger partial charge in [-0.2, -0.15) is 0 Å². The number of primary amides is 1. The molecular weight excluding hydrogens is 222 g/mol. The van der Waals surface area contributed by atoms with Gasteiger partial charge in [-0.25, -0.2) is 0 Å². The first-order valence-corrected chi connectivity index (χ1v) is 5.29. The number of β-amino-alcohol motifs (C(OH)–C–C–N with tert-alkyl or cyclic N) is 2. The van der Waals surface area contributed by atoms with Gasteiger partial charge in [-0.05, 0) is 18.2 Å². The highest BCUT2D eigenvalue weighted by Crippen LogP contribution is 2.28. The van der Waals surface area contributed by atoms with Gasteiger partial charge in [0, 0.05) is 18.7 Å². The topological polar surface area (TPSA) is 113 Å². The molecule has 1 aliphatic rings. The zero-order valence-corrected chi connectivity index (χ0v) is 9.21. The van der Waals surface area contributed by atoms with Crippen molar-refractivity contribution >= 4 is 17.3 Å². The van der Waals surface area contributed by atoms with Crippen LogP contribution in [-0.4, -0.2) is 41.4 Å². The maximum Gasteiger partial charge on any atom is 0.248 e. The summed E-state index contributed by atoms with van der Waals surface area (Å²) >= 11 is 0. The average Bonchev–Trinajstić information content (AvgIpc) is 2.59. The Morgan fingerprint density at radius 1 is 1.29 bits per heavy atom. The lowest BCUT2D eigenvalue weighted by molar-refractivity contribution is 0.0572. The van der Waals surface area contributed by atoms with Gasteiger partial charge < -0.3 is 26.6 Å². The number of nitrogens with two attached hydrogens (primary N) is 2. The molecule has 0 saturated carbocycles. The van der Waals surface area contributed by atoms with E-state index in [4.69, 9.17) is 11.5 Å². The number of hydrogen-bond donors (Lipinski definition) is 4. The van der Waals surface area contributed by atoms with E-state index in [1.165, 1.54) is 0 Å². The molecule has 1 amide bonds. The van der Waals surface area contributed by atoms with Crippen LogP contribution in [0.1, 0.15) is 10.4 Å². The summed E-state index contributed by atoms with van der Waals surface area (Å²) in [5.41, 5.74) is 12.4. The smallest absolute Gasteiger partial charge is 0.248 e. The Labute approximate surface area is 98.4 Å². The van der Waals surface area contributed by atoms with E-state index < -0.39 is 18.1 Å². The summed E-state index contributed by atoms with van der Waals surface area (Å²) in [7, 11) is 0. The lowest BCUT2D eigenvalue weighted by Gasteiger charge is -2.20. The number of rotatable bonds is 2. The van der Waals surface area contributed by atoms with Crippen LogP contribution in [0.2, 0.25) is 0 Å². The molecule has 1 heterocycles. The maximum absolute atomic E-state index is 11.1. The monoisotopic (exact) mass is 237 g/mol. The summed E-state index contributed by atoms with van der Waals surface area (Å²) < 4.78 is 0. The Balaban J connectivity index is 2.32. The second kappa shape index (κ2) is 4.23. The van der Waals surface area contributed by atoms with Crippen molar-refractivity contribution in [3.05, 3.63) is 23.8 Å².